The molecule has 1 aromatic heterocycles. The first-order chi connectivity index (χ1) is 10.2. The second kappa shape index (κ2) is 7.96. The molecule has 0 unspecified atom stereocenters. The number of unbranched alkanes of at least 4 members (excludes halogenated alkanes) is 1. The van der Waals surface area contributed by atoms with E-state index in [4.69, 9.17) is 0 Å². The highest BCUT2D eigenvalue weighted by molar-refractivity contribution is 5.92. The number of anilines is 1. The lowest BCUT2D eigenvalue weighted by Crippen LogP contribution is -2.29. The molecule has 0 bridgehead atoms. The summed E-state index contributed by atoms with van der Waals surface area (Å²) < 4.78 is 0. The molecule has 1 fully saturated rings. The third kappa shape index (κ3) is 4.69. The Morgan fingerprint density at radius 1 is 1.38 bits per heavy atom. The molecule has 21 heavy (non-hydrogen) atoms. The van der Waals surface area contributed by atoms with E-state index in [2.05, 4.69) is 22.2 Å². The third-order valence-electron chi connectivity index (χ3n) is 4.01. The summed E-state index contributed by atoms with van der Waals surface area (Å²) in [6, 6.07) is 2.14. The maximum Gasteiger partial charge on any atom is 0.272 e. The van der Waals surface area contributed by atoms with Crippen LogP contribution in [0, 0.1) is 0 Å². The minimum atomic E-state index is -0.0301. The van der Waals surface area contributed by atoms with Crippen LogP contribution in [-0.4, -0.2) is 40.4 Å². The monoisotopic (exact) mass is 290 g/mol. The Kier molecular flexibility index (Phi) is 5.96. The van der Waals surface area contributed by atoms with Crippen molar-refractivity contribution < 1.29 is 4.79 Å². The van der Waals surface area contributed by atoms with Crippen LogP contribution in [0.3, 0.4) is 0 Å². The predicted molar refractivity (Wildman–Crippen MR) is 84.4 cm³/mol. The van der Waals surface area contributed by atoms with E-state index in [9.17, 15) is 4.79 Å². The van der Waals surface area contributed by atoms with Gasteiger partial charge in [-0.3, -0.25) is 4.79 Å². The van der Waals surface area contributed by atoms with Crippen LogP contribution in [0.2, 0.25) is 0 Å². The van der Waals surface area contributed by atoms with Gasteiger partial charge in [-0.05, 0) is 25.3 Å². The van der Waals surface area contributed by atoms with E-state index < -0.39 is 0 Å². The lowest BCUT2D eigenvalue weighted by molar-refractivity contribution is 0.0787. The molecule has 1 saturated carbocycles. The molecule has 1 aliphatic rings. The van der Waals surface area contributed by atoms with E-state index in [1.807, 2.05) is 7.05 Å². The Hall–Kier alpha value is -1.65. The average molecular weight is 290 g/mol. The van der Waals surface area contributed by atoms with E-state index in [-0.39, 0.29) is 5.91 Å². The molecule has 1 amide bonds. The van der Waals surface area contributed by atoms with Gasteiger partial charge in [0.25, 0.3) is 5.91 Å². The molecule has 0 aliphatic heterocycles. The number of rotatable bonds is 6. The summed E-state index contributed by atoms with van der Waals surface area (Å²) in [6.07, 6.45) is 9.93. The maximum atomic E-state index is 12.3. The first-order valence-corrected chi connectivity index (χ1v) is 8.05. The summed E-state index contributed by atoms with van der Waals surface area (Å²) in [5.41, 5.74) is 0.474. The van der Waals surface area contributed by atoms with Crippen LogP contribution in [0.1, 0.15) is 62.4 Å². The zero-order valence-electron chi connectivity index (χ0n) is 13.1. The number of carbonyl (C=O) groups is 1. The Labute approximate surface area is 127 Å². The highest BCUT2D eigenvalue weighted by Crippen LogP contribution is 2.20. The summed E-state index contributed by atoms with van der Waals surface area (Å²) in [5.74, 6) is 0.550. The number of hydrogen-bond acceptors (Lipinski definition) is 4. The van der Waals surface area contributed by atoms with Gasteiger partial charge in [0.15, 0.2) is 0 Å². The lowest BCUT2D eigenvalue weighted by atomic mass is 9.96. The second-order valence-corrected chi connectivity index (χ2v) is 5.83. The van der Waals surface area contributed by atoms with Gasteiger partial charge in [-0.25, -0.2) is 9.97 Å². The van der Waals surface area contributed by atoms with Crippen molar-refractivity contribution in [1.29, 1.82) is 0 Å². The van der Waals surface area contributed by atoms with Gasteiger partial charge in [0.2, 0.25) is 5.95 Å². The van der Waals surface area contributed by atoms with Crippen molar-refractivity contribution in [3.63, 3.8) is 0 Å². The molecule has 1 aliphatic carbocycles. The molecule has 2 rings (SSSR count). The zero-order chi connectivity index (χ0) is 15.1. The normalized spacial score (nSPS) is 15.7. The Balaban J connectivity index is 1.97. The molecule has 5 heteroatoms. The topological polar surface area (TPSA) is 58.1 Å². The third-order valence-corrected chi connectivity index (χ3v) is 4.01. The summed E-state index contributed by atoms with van der Waals surface area (Å²) in [4.78, 5) is 22.7. The van der Waals surface area contributed by atoms with Crippen molar-refractivity contribution in [2.75, 3.05) is 18.9 Å². The van der Waals surface area contributed by atoms with Crippen molar-refractivity contribution in [3.8, 4) is 0 Å². The average Bonchev–Trinajstić information content (AvgIpc) is 2.53. The molecule has 1 heterocycles. The van der Waals surface area contributed by atoms with Gasteiger partial charge in [-0.15, -0.1) is 0 Å². The Bertz CT molecular complexity index is 457. The fourth-order valence-electron chi connectivity index (χ4n) is 2.67. The van der Waals surface area contributed by atoms with E-state index in [1.165, 1.54) is 19.3 Å². The summed E-state index contributed by atoms with van der Waals surface area (Å²) in [7, 11) is 1.83. The van der Waals surface area contributed by atoms with Gasteiger partial charge >= 0.3 is 0 Å². The number of amides is 1. The Morgan fingerprint density at radius 3 is 2.86 bits per heavy atom. The molecular weight excluding hydrogens is 264 g/mol. The minimum absolute atomic E-state index is 0.0301. The van der Waals surface area contributed by atoms with Crippen molar-refractivity contribution in [2.24, 2.45) is 0 Å². The standard InChI is InChI=1S/C16H26N4O/c1-3-4-12-20(2)15(21)14-10-11-17-16(19-14)18-13-8-6-5-7-9-13/h10-11,13H,3-9,12H2,1-2H3,(H,17,18,19). The molecule has 0 spiro atoms. The van der Waals surface area contributed by atoms with Crippen LogP contribution in [0.5, 0.6) is 0 Å². The van der Waals surface area contributed by atoms with Crippen molar-refractivity contribution in [1.82, 2.24) is 14.9 Å². The molecule has 0 radical (unpaired) electrons. The molecule has 0 atom stereocenters. The highest BCUT2D eigenvalue weighted by atomic mass is 16.2. The number of hydrogen-bond donors (Lipinski definition) is 1. The number of nitrogens with zero attached hydrogens (tertiary/aromatic N) is 3. The first kappa shape index (κ1) is 15.7. The fraction of sp³-hybridized carbons (Fsp3) is 0.688. The van der Waals surface area contributed by atoms with Gasteiger partial charge in [0.1, 0.15) is 5.69 Å². The van der Waals surface area contributed by atoms with Crippen molar-refractivity contribution in [3.05, 3.63) is 18.0 Å². The molecule has 1 N–H and O–H groups in total. The SMILES string of the molecule is CCCCN(C)C(=O)c1ccnc(NC2CCCCC2)n1. The van der Waals surface area contributed by atoms with Crippen molar-refractivity contribution in [2.45, 2.75) is 57.9 Å². The highest BCUT2D eigenvalue weighted by Gasteiger charge is 2.16. The minimum Gasteiger partial charge on any atom is -0.351 e. The number of carbonyl (C=O) groups excluding carboxylic acids is 1. The Morgan fingerprint density at radius 2 is 2.14 bits per heavy atom. The second-order valence-electron chi connectivity index (χ2n) is 5.83. The van der Waals surface area contributed by atoms with Gasteiger partial charge < -0.3 is 10.2 Å². The summed E-state index contributed by atoms with van der Waals surface area (Å²) >= 11 is 0. The van der Waals surface area contributed by atoms with Crippen LogP contribution in [0.25, 0.3) is 0 Å². The van der Waals surface area contributed by atoms with E-state index >= 15 is 0 Å². The molecular formula is C16H26N4O. The van der Waals surface area contributed by atoms with E-state index in [0.717, 1.165) is 32.2 Å². The predicted octanol–water partition coefficient (Wildman–Crippen LogP) is 3.09. The van der Waals surface area contributed by atoms with E-state index in [1.54, 1.807) is 17.2 Å². The summed E-state index contributed by atoms with van der Waals surface area (Å²) in [5, 5.41) is 3.37. The summed E-state index contributed by atoms with van der Waals surface area (Å²) in [6.45, 7) is 2.89. The van der Waals surface area contributed by atoms with Crippen LogP contribution >= 0.6 is 0 Å². The van der Waals surface area contributed by atoms with Gasteiger partial charge in [0.05, 0.1) is 0 Å². The number of nitrogens with one attached hydrogen (secondary N) is 1. The van der Waals surface area contributed by atoms with E-state index in [0.29, 0.717) is 17.7 Å². The molecule has 0 aromatic carbocycles. The quantitative estimate of drug-likeness (QED) is 0.874. The molecule has 1 aromatic rings. The van der Waals surface area contributed by atoms with Gasteiger partial charge in [-0.2, -0.15) is 0 Å². The van der Waals surface area contributed by atoms with Crippen LogP contribution in [0.4, 0.5) is 5.95 Å². The molecule has 0 saturated heterocycles. The van der Waals surface area contributed by atoms with Crippen molar-refractivity contribution >= 4 is 11.9 Å². The zero-order valence-corrected chi connectivity index (χ0v) is 13.1. The largest absolute Gasteiger partial charge is 0.351 e. The van der Waals surface area contributed by atoms with Gasteiger partial charge in [-0.1, -0.05) is 32.6 Å². The molecule has 5 nitrogen and oxygen atoms in total. The van der Waals surface area contributed by atoms with Crippen LogP contribution in [0.15, 0.2) is 12.3 Å². The van der Waals surface area contributed by atoms with Gasteiger partial charge in [0, 0.05) is 25.8 Å². The fourth-order valence-corrected chi connectivity index (χ4v) is 2.67. The number of aromatic nitrogens is 2. The maximum absolute atomic E-state index is 12.3. The molecule has 116 valence electrons. The smallest absolute Gasteiger partial charge is 0.272 e. The lowest BCUT2D eigenvalue weighted by Gasteiger charge is -2.23. The van der Waals surface area contributed by atoms with Crippen LogP contribution < -0.4 is 5.32 Å². The van der Waals surface area contributed by atoms with Crippen LogP contribution in [-0.2, 0) is 0 Å². The first-order valence-electron chi connectivity index (χ1n) is 8.05.